The standard InChI is InChI=1S/C18H33P.C7H6.C5H10N2.2ClH.Ru/c1-4-10-16(11-5-1)19(17-12-6-2-7-13-17)18-14-8-3-9-15-18;1-7-5-3-2-4-6-7;1-6-3-4-7(2)5-6;;;/h16-18H,1-15H2;1-6H;3-4H2,1-2H3;2*1H;/q;;;;;+2/p-1. The van der Waals surface area contributed by atoms with Crippen molar-refractivity contribution >= 4 is 36.3 Å². The maximum absolute atomic E-state index is 6.63. The van der Waals surface area contributed by atoms with Crippen molar-refractivity contribution in [2.24, 2.45) is 0 Å². The van der Waals surface area contributed by atoms with E-state index in [2.05, 4.69) is 23.9 Å². The van der Waals surface area contributed by atoms with Crippen LogP contribution in [-0.4, -0.2) is 62.9 Å². The van der Waals surface area contributed by atoms with E-state index in [-0.39, 0.29) is 7.92 Å². The summed E-state index contributed by atoms with van der Waals surface area (Å²) in [5.41, 5.74) is 4.78. The minimum atomic E-state index is -2.90. The summed E-state index contributed by atoms with van der Waals surface area (Å²) >= 11 is -2.90. The molecule has 3 aliphatic carbocycles. The number of benzene rings is 1. The minimum absolute atomic E-state index is 0.0465. The van der Waals surface area contributed by atoms with Gasteiger partial charge in [-0.15, -0.1) is 0 Å². The van der Waals surface area contributed by atoms with Crippen LogP contribution in [0.4, 0.5) is 0 Å². The van der Waals surface area contributed by atoms with Gasteiger partial charge in [-0.1, -0.05) is 19.3 Å². The van der Waals surface area contributed by atoms with Gasteiger partial charge in [0, 0.05) is 7.92 Å². The van der Waals surface area contributed by atoms with Crippen LogP contribution < -0.4 is 0 Å². The van der Waals surface area contributed by atoms with Crippen molar-refractivity contribution in [3.63, 3.8) is 0 Å². The van der Waals surface area contributed by atoms with E-state index in [1.54, 1.807) is 96.3 Å². The Morgan fingerprint density at radius 1 is 0.667 bits per heavy atom. The summed E-state index contributed by atoms with van der Waals surface area (Å²) in [5, 5.41) is 0. The second-order valence-electron chi connectivity index (χ2n) is 11.6. The van der Waals surface area contributed by atoms with Crippen molar-refractivity contribution in [2.45, 2.75) is 113 Å². The quantitative estimate of drug-likeness (QED) is 0.241. The van der Waals surface area contributed by atoms with Gasteiger partial charge in [0.05, 0.1) is 17.0 Å². The van der Waals surface area contributed by atoms with Gasteiger partial charge in [0.1, 0.15) is 0 Å². The Labute approximate surface area is 233 Å². The number of nitrogens with zero attached hydrogens (tertiary/aromatic N) is 2. The summed E-state index contributed by atoms with van der Waals surface area (Å²) in [4.78, 5) is 4.34. The third-order valence-electron chi connectivity index (χ3n) is 8.87. The monoisotopic (exact) mass is 641 g/mol. The Morgan fingerprint density at radius 3 is 1.44 bits per heavy atom. The third kappa shape index (κ3) is 8.26. The molecule has 0 amide bonds. The van der Waals surface area contributed by atoms with Crippen molar-refractivity contribution in [3.05, 3.63) is 35.9 Å². The van der Waals surface area contributed by atoms with Gasteiger partial charge < -0.3 is 0 Å². The molecule has 1 aromatic carbocycles. The Morgan fingerprint density at radius 2 is 1.06 bits per heavy atom. The number of hydrogen-bond acceptors (Lipinski definition) is 2. The Bertz CT molecular complexity index is 849. The second-order valence-corrected chi connectivity index (χ2v) is 24.3. The molecule has 206 valence electrons. The van der Waals surface area contributed by atoms with Gasteiger partial charge in [-0.2, -0.15) is 0 Å². The molecule has 0 spiro atoms. The predicted octanol–water partition coefficient (Wildman–Crippen LogP) is 8.46. The fourth-order valence-electron chi connectivity index (χ4n) is 7.15. The molecule has 1 aliphatic heterocycles. The van der Waals surface area contributed by atoms with E-state index in [0.29, 0.717) is 0 Å². The van der Waals surface area contributed by atoms with E-state index in [0.717, 1.165) is 23.0 Å². The first-order valence-corrected chi connectivity index (χ1v) is 22.7. The topological polar surface area (TPSA) is 6.48 Å². The zero-order valence-corrected chi connectivity index (χ0v) is 27.0. The summed E-state index contributed by atoms with van der Waals surface area (Å²) in [7, 11) is 17.3. The molecule has 4 fully saturated rings. The average molecular weight is 642 g/mol. The van der Waals surface area contributed by atoms with Crippen molar-refractivity contribution in [1.82, 2.24) is 9.80 Å². The van der Waals surface area contributed by atoms with E-state index in [1.165, 1.54) is 17.0 Å². The first-order valence-electron chi connectivity index (χ1n) is 14.6. The van der Waals surface area contributed by atoms with Crippen molar-refractivity contribution in [1.29, 1.82) is 0 Å². The molecule has 0 radical (unpaired) electrons. The molecule has 3 saturated carbocycles. The molecule has 0 N–H and O–H groups in total. The molecule has 4 aliphatic rings. The summed E-state index contributed by atoms with van der Waals surface area (Å²) in [6, 6.07) is 10.1. The molecule has 1 aromatic rings. The molecule has 0 bridgehead atoms. The summed E-state index contributed by atoms with van der Waals surface area (Å²) in [6.07, 6.45) is 23.8. The fraction of sp³-hybridized carbons (Fsp3) is 0.733. The molecule has 1 heterocycles. The molecule has 0 unspecified atom stereocenters. The van der Waals surface area contributed by atoms with Crippen LogP contribution in [0.25, 0.3) is 0 Å². The Kier molecular flexibility index (Phi) is 12.1. The SMILES string of the molecule is C1CCC([PH+](C2CCCCC2)C2CCCCC2)CC1.CN1CCN(C)[C]1=[Ru]([Cl])([Cl])=[CH]c1ccccc1. The Balaban J connectivity index is 0.000000170. The van der Waals surface area contributed by atoms with Crippen LogP contribution in [0.1, 0.15) is 102 Å². The molecule has 1 saturated heterocycles. The van der Waals surface area contributed by atoms with Crippen molar-refractivity contribution in [3.8, 4) is 0 Å². The van der Waals surface area contributed by atoms with Crippen LogP contribution in [-0.2, 0) is 11.9 Å². The molecule has 0 aromatic heterocycles. The zero-order chi connectivity index (χ0) is 25.4. The van der Waals surface area contributed by atoms with Crippen LogP contribution >= 0.6 is 27.3 Å². The first-order chi connectivity index (χ1) is 17.5. The molecule has 36 heavy (non-hydrogen) atoms. The van der Waals surface area contributed by atoms with Crippen LogP contribution in [0.3, 0.4) is 0 Å². The van der Waals surface area contributed by atoms with Gasteiger partial charge in [-0.3, -0.25) is 0 Å². The van der Waals surface area contributed by atoms with E-state index in [9.17, 15) is 0 Å². The van der Waals surface area contributed by atoms with E-state index in [1.807, 2.05) is 34.9 Å². The normalized spacial score (nSPS) is 24.5. The van der Waals surface area contributed by atoms with Gasteiger partial charge in [0.15, 0.2) is 0 Å². The fourth-order valence-corrected chi connectivity index (χ4v) is 19.3. The Hall–Kier alpha value is 0.513. The number of halogens is 2. The van der Waals surface area contributed by atoms with Crippen LogP contribution in [0, 0.1) is 0 Å². The molecule has 2 nitrogen and oxygen atoms in total. The molecular weight excluding hydrogens is 591 g/mol. The number of hydrogen-bond donors (Lipinski definition) is 0. The molecule has 0 atom stereocenters. The number of likely N-dealkylation sites (N-methyl/N-ethyl adjacent to an activating group) is 2. The van der Waals surface area contributed by atoms with E-state index < -0.39 is 11.9 Å². The van der Waals surface area contributed by atoms with Gasteiger partial charge in [0.25, 0.3) is 0 Å². The average Bonchev–Trinajstić information content (AvgIpc) is 3.25. The summed E-state index contributed by atoms with van der Waals surface area (Å²) < 4.78 is 3.15. The second kappa shape index (κ2) is 14.8. The summed E-state index contributed by atoms with van der Waals surface area (Å²) in [5.74, 6) is 0. The van der Waals surface area contributed by atoms with Crippen LogP contribution in [0.2, 0.25) is 0 Å². The van der Waals surface area contributed by atoms with Gasteiger partial charge >= 0.3 is 113 Å². The van der Waals surface area contributed by atoms with Gasteiger partial charge in [-0.05, 0) is 77.0 Å². The third-order valence-corrected chi connectivity index (χ3v) is 19.3. The van der Waals surface area contributed by atoms with Crippen LogP contribution in [0.5, 0.6) is 0 Å². The maximum atomic E-state index is 6.63. The van der Waals surface area contributed by atoms with Crippen LogP contribution in [0.15, 0.2) is 30.3 Å². The predicted molar refractivity (Wildman–Crippen MR) is 163 cm³/mol. The van der Waals surface area contributed by atoms with Crippen molar-refractivity contribution < 1.29 is 11.9 Å². The number of rotatable bonds is 4. The van der Waals surface area contributed by atoms with Crippen molar-refractivity contribution in [2.75, 3.05) is 27.2 Å². The molecule has 5 rings (SSSR count). The molecular formula is C30H50Cl2N2PRu+. The van der Waals surface area contributed by atoms with Gasteiger partial charge in [-0.25, -0.2) is 0 Å². The zero-order valence-electron chi connectivity index (χ0n) is 22.7. The van der Waals surface area contributed by atoms with E-state index >= 15 is 0 Å². The van der Waals surface area contributed by atoms with E-state index in [4.69, 9.17) is 19.4 Å². The van der Waals surface area contributed by atoms with Gasteiger partial charge in [0.2, 0.25) is 0 Å². The first kappa shape index (κ1) is 29.5. The summed E-state index contributed by atoms with van der Waals surface area (Å²) in [6.45, 7) is 1.99. The molecule has 6 heteroatoms.